The second-order valence-electron chi connectivity index (χ2n) is 18.0. The molecule has 3 fully saturated rings. The molecule has 67 heavy (non-hydrogen) atoms. The highest BCUT2D eigenvalue weighted by molar-refractivity contribution is 7.91. The van der Waals surface area contributed by atoms with Crippen LogP contribution >= 0.6 is 11.3 Å². The Bertz CT molecular complexity index is 2500. The molecular formula is C44H50F6N6O9S2. The van der Waals surface area contributed by atoms with Crippen LogP contribution in [-0.4, -0.2) is 106 Å². The number of hydrogen-bond donors (Lipinski definition) is 3. The lowest BCUT2D eigenvalue weighted by Gasteiger charge is -2.35. The van der Waals surface area contributed by atoms with Crippen molar-refractivity contribution in [2.45, 2.75) is 138 Å². The minimum absolute atomic E-state index is 0.00610. The van der Waals surface area contributed by atoms with Gasteiger partial charge in [-0.05, 0) is 78.4 Å². The smallest absolute Gasteiger partial charge is 0.427 e. The summed E-state index contributed by atoms with van der Waals surface area (Å²) >= 11 is 1.22. The highest BCUT2D eigenvalue weighted by atomic mass is 32.2. The van der Waals surface area contributed by atoms with Crippen LogP contribution in [0.5, 0.6) is 5.75 Å². The maximum absolute atomic E-state index is 15.0. The number of nitrogens with one attached hydrogen (secondary N) is 3. The molecule has 15 nitrogen and oxygen atoms in total. The highest BCUT2D eigenvalue weighted by Crippen LogP contribution is 2.48. The zero-order valence-electron chi connectivity index (χ0n) is 37.0. The topological polar surface area (TPSA) is 195 Å². The molecule has 2 aliphatic heterocycles. The van der Waals surface area contributed by atoms with Crippen LogP contribution in [0.4, 0.5) is 31.1 Å². The van der Waals surface area contributed by atoms with Crippen LogP contribution in [0.25, 0.3) is 22.0 Å². The molecular weight excluding hydrogens is 935 g/mol. The van der Waals surface area contributed by atoms with Crippen molar-refractivity contribution in [3.05, 3.63) is 65.7 Å². The Morgan fingerprint density at radius 3 is 2.36 bits per heavy atom. The highest BCUT2D eigenvalue weighted by Gasteiger charge is 2.63. The van der Waals surface area contributed by atoms with Crippen molar-refractivity contribution in [1.29, 1.82) is 0 Å². The SMILES string of the molecule is CC[C@@H]1O[C@H](C)CC/C=C\C2C[C@@]2(C(=O)NS(=O)(=O)C2(C)CC2)NC(=O)[C@@H]2C[C@@H](Oc3cc(-c4ccc(C(F)(F)F)cc4)nc(-c4nccs4)c3)CN2C(=O)[C@H]1NC(=O)OC(C)(C)C(F)(F)F. The fourth-order valence-electron chi connectivity index (χ4n) is 7.95. The quantitative estimate of drug-likeness (QED) is 0.139. The van der Waals surface area contributed by atoms with Gasteiger partial charge >= 0.3 is 18.4 Å². The minimum atomic E-state index is -5.00. The number of alkyl carbamates (subject to hydrolysis) is 1. The van der Waals surface area contributed by atoms with Crippen molar-refractivity contribution >= 4 is 45.2 Å². The third-order valence-corrected chi connectivity index (χ3v) is 15.5. The van der Waals surface area contributed by atoms with E-state index >= 15 is 0 Å². The molecule has 23 heteroatoms. The number of carbonyl (C=O) groups is 4. The minimum Gasteiger partial charge on any atom is -0.488 e. The van der Waals surface area contributed by atoms with Crippen LogP contribution in [0.15, 0.2) is 60.1 Å². The molecule has 3 N–H and O–H groups in total. The average molecular weight is 985 g/mol. The molecule has 4 amide bonds. The molecule has 364 valence electrons. The molecule has 4 aliphatic rings. The van der Waals surface area contributed by atoms with Crippen molar-refractivity contribution in [3.63, 3.8) is 0 Å². The van der Waals surface area contributed by atoms with Gasteiger partial charge in [-0.2, -0.15) is 26.3 Å². The first-order valence-electron chi connectivity index (χ1n) is 21.6. The summed E-state index contributed by atoms with van der Waals surface area (Å²) in [5, 5.41) is 7.12. The molecule has 7 atom stereocenters. The van der Waals surface area contributed by atoms with Crippen LogP contribution in [0.3, 0.4) is 0 Å². The predicted octanol–water partition coefficient (Wildman–Crippen LogP) is 7.08. The largest absolute Gasteiger partial charge is 0.488 e. The van der Waals surface area contributed by atoms with Crippen LogP contribution in [0.1, 0.15) is 85.1 Å². The van der Waals surface area contributed by atoms with Crippen LogP contribution in [-0.2, 0) is 40.1 Å². The molecule has 1 unspecified atom stereocenters. The molecule has 0 spiro atoms. The number of alkyl halides is 6. The molecule has 1 saturated heterocycles. The van der Waals surface area contributed by atoms with E-state index in [1.165, 1.54) is 48.7 Å². The summed E-state index contributed by atoms with van der Waals surface area (Å²) in [7, 11) is -4.17. The van der Waals surface area contributed by atoms with E-state index in [2.05, 4.69) is 25.3 Å². The Labute approximate surface area is 386 Å². The summed E-state index contributed by atoms with van der Waals surface area (Å²) in [4.78, 5) is 67.0. The lowest BCUT2D eigenvalue weighted by Crippen LogP contribution is -2.61. The second kappa shape index (κ2) is 18.3. The summed E-state index contributed by atoms with van der Waals surface area (Å²) in [6, 6.07) is 3.99. The summed E-state index contributed by atoms with van der Waals surface area (Å²) in [5.74, 6) is -3.41. The van der Waals surface area contributed by atoms with Gasteiger partial charge in [0.2, 0.25) is 27.4 Å². The molecule has 4 heterocycles. The van der Waals surface area contributed by atoms with Crippen LogP contribution < -0.4 is 20.1 Å². The zero-order valence-corrected chi connectivity index (χ0v) is 38.6. The number of nitrogens with zero attached hydrogens (tertiary/aromatic N) is 3. The van der Waals surface area contributed by atoms with Gasteiger partial charge < -0.3 is 29.7 Å². The monoisotopic (exact) mass is 984 g/mol. The first kappa shape index (κ1) is 49.6. The second-order valence-corrected chi connectivity index (χ2v) is 21.1. The van der Waals surface area contributed by atoms with Gasteiger partial charge in [0.1, 0.15) is 40.2 Å². The normalized spacial score (nSPS) is 27.3. The standard InChI is InChI=1S/C44H50F6N6O9S2/c1-6-33-34(53-39(60)65-40(3,4)44(48,49)50)37(58)56-23-29(64-28-19-30(52-31(20-28)36-51-17-18-66-36)25-11-13-26(14-12-25)43(45,46)47)21-32(56)35(57)54-42(22-27(42)10-8-7-9-24(2)63-33)38(59)55-67(61,62)41(5)15-16-41/h8,10-14,17-20,24,27,29,32-34H,6-7,9,15-16,21-23H2,1-5H3,(H,53,60)(H,54,57)(H,55,59)/b10-8-/t24-,27?,29-,32+,33+,34+,42-/m1/s1. The fraction of sp³-hybridized carbons (Fsp3) is 0.545. The molecule has 3 aromatic rings. The van der Waals surface area contributed by atoms with Crippen molar-refractivity contribution in [2.75, 3.05) is 6.54 Å². The Balaban J connectivity index is 1.26. The predicted molar refractivity (Wildman–Crippen MR) is 231 cm³/mol. The van der Waals surface area contributed by atoms with Gasteiger partial charge in [0, 0.05) is 41.6 Å². The number of allylic oxidation sites excluding steroid dienone is 1. The van der Waals surface area contributed by atoms with Crippen molar-refractivity contribution < 1.29 is 68.1 Å². The number of amides is 4. The number of sulfonamides is 1. The third-order valence-electron chi connectivity index (χ3n) is 12.6. The number of aromatic nitrogens is 2. The van der Waals surface area contributed by atoms with E-state index in [9.17, 15) is 53.9 Å². The summed E-state index contributed by atoms with van der Waals surface area (Å²) in [5.41, 5.74) is -4.88. The summed E-state index contributed by atoms with van der Waals surface area (Å²) in [6.45, 7) is 5.69. The van der Waals surface area contributed by atoms with E-state index < -0.39 is 104 Å². The number of pyridine rings is 1. The van der Waals surface area contributed by atoms with Crippen LogP contribution in [0.2, 0.25) is 0 Å². The van der Waals surface area contributed by atoms with E-state index in [4.69, 9.17) is 14.2 Å². The van der Waals surface area contributed by atoms with Gasteiger partial charge in [-0.25, -0.2) is 23.2 Å². The number of ether oxygens (including phenoxy) is 3. The maximum Gasteiger partial charge on any atom is 0.427 e. The molecule has 7 rings (SSSR count). The van der Waals surface area contributed by atoms with Crippen molar-refractivity contribution in [2.24, 2.45) is 5.92 Å². The van der Waals surface area contributed by atoms with E-state index in [-0.39, 0.29) is 48.5 Å². The first-order valence-corrected chi connectivity index (χ1v) is 24.0. The van der Waals surface area contributed by atoms with E-state index in [1.807, 2.05) is 0 Å². The molecule has 2 saturated carbocycles. The maximum atomic E-state index is 15.0. The van der Waals surface area contributed by atoms with Gasteiger partial charge in [-0.15, -0.1) is 11.3 Å². The van der Waals surface area contributed by atoms with Gasteiger partial charge in [0.05, 0.1) is 34.8 Å². The number of rotatable bonds is 10. The Hall–Kier alpha value is -5.29. The van der Waals surface area contributed by atoms with E-state index in [0.717, 1.165) is 17.0 Å². The number of benzene rings is 1. The lowest BCUT2D eigenvalue weighted by atomic mass is 10.0. The molecule has 0 radical (unpaired) electrons. The summed E-state index contributed by atoms with van der Waals surface area (Å²) in [6.07, 6.45) is -7.93. The fourth-order valence-corrected chi connectivity index (χ4v) is 9.86. The van der Waals surface area contributed by atoms with Gasteiger partial charge in [0.15, 0.2) is 0 Å². The number of halogens is 6. The van der Waals surface area contributed by atoms with Gasteiger partial charge in [-0.1, -0.05) is 31.2 Å². The molecule has 1 aromatic carbocycles. The van der Waals surface area contributed by atoms with Gasteiger partial charge in [0.25, 0.3) is 5.91 Å². The first-order chi connectivity index (χ1) is 31.3. The lowest BCUT2D eigenvalue weighted by molar-refractivity contribution is -0.244. The van der Waals surface area contributed by atoms with Crippen molar-refractivity contribution in [1.82, 2.24) is 30.2 Å². The number of fused-ring (bicyclic) bond motifs is 2. The van der Waals surface area contributed by atoms with Crippen LogP contribution in [0, 0.1) is 5.92 Å². The van der Waals surface area contributed by atoms with E-state index in [0.29, 0.717) is 44.5 Å². The van der Waals surface area contributed by atoms with E-state index in [1.54, 1.807) is 31.4 Å². The Morgan fingerprint density at radius 2 is 1.75 bits per heavy atom. The molecule has 2 aromatic heterocycles. The number of carbonyl (C=O) groups excluding carboxylic acids is 4. The Morgan fingerprint density at radius 1 is 1.06 bits per heavy atom. The number of thiazole rings is 1. The third kappa shape index (κ3) is 10.7. The number of hydrogen-bond acceptors (Lipinski definition) is 12. The average Bonchev–Trinajstić information content (AvgIpc) is 4.00. The Kier molecular flexibility index (Phi) is 13.6. The molecule has 2 aliphatic carbocycles. The molecule has 0 bridgehead atoms. The summed E-state index contributed by atoms with van der Waals surface area (Å²) < 4.78 is 127. The van der Waals surface area contributed by atoms with Crippen molar-refractivity contribution in [3.8, 4) is 27.7 Å². The van der Waals surface area contributed by atoms with Gasteiger partial charge in [-0.3, -0.25) is 19.1 Å². The zero-order chi connectivity index (χ0) is 48.9.